The third kappa shape index (κ3) is 2.46. The number of fused-ring (bicyclic) bond motifs is 1. The van der Waals surface area contributed by atoms with Crippen LogP contribution in [0.4, 0.5) is 0 Å². The maximum Gasteiger partial charge on any atom is 0.108 e. The molecule has 3 aromatic rings. The van der Waals surface area contributed by atoms with Gasteiger partial charge < -0.3 is 5.32 Å². The molecule has 18 heavy (non-hydrogen) atoms. The molecule has 1 aromatic carbocycles. The van der Waals surface area contributed by atoms with Crippen molar-refractivity contribution in [3.05, 3.63) is 51.2 Å². The number of nitrogens with one attached hydrogen (secondary N) is 1. The van der Waals surface area contributed by atoms with Gasteiger partial charge in [0, 0.05) is 13.1 Å². The van der Waals surface area contributed by atoms with Gasteiger partial charge in [0.25, 0.3) is 0 Å². The Morgan fingerprint density at radius 2 is 2.06 bits per heavy atom. The summed E-state index contributed by atoms with van der Waals surface area (Å²) in [6.45, 7) is 3.92. The van der Waals surface area contributed by atoms with Crippen LogP contribution >= 0.6 is 22.7 Å². The molecule has 0 unspecified atom stereocenters. The van der Waals surface area contributed by atoms with Gasteiger partial charge in [-0.2, -0.15) is 11.3 Å². The van der Waals surface area contributed by atoms with Crippen molar-refractivity contribution in [3.8, 4) is 0 Å². The molecule has 0 aliphatic carbocycles. The lowest BCUT2D eigenvalue weighted by atomic mass is 10.2. The molecule has 0 saturated carbocycles. The zero-order chi connectivity index (χ0) is 12.4. The van der Waals surface area contributed by atoms with Crippen molar-refractivity contribution < 1.29 is 0 Å². The maximum absolute atomic E-state index is 4.61. The molecule has 0 aliphatic rings. The maximum atomic E-state index is 4.61. The molecule has 1 N–H and O–H groups in total. The highest BCUT2D eigenvalue weighted by Gasteiger charge is 2.03. The monoisotopic (exact) mass is 274 g/mol. The number of nitrogens with zero attached hydrogens (tertiary/aromatic N) is 1. The van der Waals surface area contributed by atoms with E-state index in [-0.39, 0.29) is 0 Å². The fourth-order valence-electron chi connectivity index (χ4n) is 1.87. The highest BCUT2D eigenvalue weighted by Crippen LogP contribution is 2.21. The first-order chi connectivity index (χ1) is 8.83. The zero-order valence-electron chi connectivity index (χ0n) is 10.1. The molecule has 2 aromatic heterocycles. The molecule has 0 bridgehead atoms. The van der Waals surface area contributed by atoms with E-state index in [1.807, 2.05) is 6.07 Å². The summed E-state index contributed by atoms with van der Waals surface area (Å²) in [5.74, 6) is 0. The Labute approximate surface area is 114 Å². The predicted molar refractivity (Wildman–Crippen MR) is 79.2 cm³/mol. The fourth-order valence-corrected chi connectivity index (χ4v) is 3.66. The minimum Gasteiger partial charge on any atom is -0.306 e. The Morgan fingerprint density at radius 3 is 2.83 bits per heavy atom. The van der Waals surface area contributed by atoms with Crippen molar-refractivity contribution in [1.82, 2.24) is 10.3 Å². The van der Waals surface area contributed by atoms with Crippen LogP contribution in [0.1, 0.15) is 16.1 Å². The molecule has 0 amide bonds. The van der Waals surface area contributed by atoms with Gasteiger partial charge in [0.1, 0.15) is 5.01 Å². The van der Waals surface area contributed by atoms with Gasteiger partial charge in [0.05, 0.1) is 10.2 Å². The van der Waals surface area contributed by atoms with Crippen molar-refractivity contribution in [2.24, 2.45) is 0 Å². The Kier molecular flexibility index (Phi) is 3.41. The average molecular weight is 274 g/mol. The molecule has 0 radical (unpaired) electrons. The van der Waals surface area contributed by atoms with Gasteiger partial charge in [-0.25, -0.2) is 4.98 Å². The van der Waals surface area contributed by atoms with E-state index in [0.29, 0.717) is 0 Å². The molecule has 0 saturated heterocycles. The summed E-state index contributed by atoms with van der Waals surface area (Å²) in [6, 6.07) is 8.29. The minimum absolute atomic E-state index is 0.842. The Hall–Kier alpha value is -1.23. The first-order valence-corrected chi connectivity index (χ1v) is 7.66. The van der Waals surface area contributed by atoms with E-state index >= 15 is 0 Å². The fraction of sp³-hybridized carbons (Fsp3) is 0.214. The van der Waals surface area contributed by atoms with Gasteiger partial charge in [-0.1, -0.05) is 12.1 Å². The van der Waals surface area contributed by atoms with Crippen molar-refractivity contribution in [2.75, 3.05) is 0 Å². The molecule has 2 heterocycles. The number of hydrogen-bond donors (Lipinski definition) is 1. The number of rotatable bonds is 4. The highest BCUT2D eigenvalue weighted by atomic mass is 32.1. The van der Waals surface area contributed by atoms with E-state index in [4.69, 9.17) is 0 Å². The van der Waals surface area contributed by atoms with Gasteiger partial charge in [0.2, 0.25) is 0 Å². The Balaban J connectivity index is 1.65. The zero-order valence-corrected chi connectivity index (χ0v) is 11.8. The number of aryl methyl sites for hydroxylation is 1. The smallest absolute Gasteiger partial charge is 0.108 e. The van der Waals surface area contributed by atoms with E-state index in [1.165, 1.54) is 15.8 Å². The van der Waals surface area contributed by atoms with Crippen molar-refractivity contribution in [3.63, 3.8) is 0 Å². The predicted octanol–water partition coefficient (Wildman–Crippen LogP) is 3.96. The number of thiophene rings is 1. The van der Waals surface area contributed by atoms with Crippen molar-refractivity contribution >= 4 is 32.9 Å². The minimum atomic E-state index is 0.842. The number of hydrogen-bond acceptors (Lipinski definition) is 4. The van der Waals surface area contributed by atoms with Crippen LogP contribution < -0.4 is 5.32 Å². The molecule has 2 nitrogen and oxygen atoms in total. The molecule has 0 spiro atoms. The summed E-state index contributed by atoms with van der Waals surface area (Å²) >= 11 is 3.53. The molecule has 4 heteroatoms. The van der Waals surface area contributed by atoms with E-state index < -0.39 is 0 Å². The summed E-state index contributed by atoms with van der Waals surface area (Å²) in [7, 11) is 0. The largest absolute Gasteiger partial charge is 0.306 e. The van der Waals surface area contributed by atoms with Crippen LogP contribution in [0, 0.1) is 6.92 Å². The van der Waals surface area contributed by atoms with Crippen molar-refractivity contribution in [2.45, 2.75) is 20.0 Å². The summed E-state index contributed by atoms with van der Waals surface area (Å²) in [6.07, 6.45) is 0. The SMILES string of the molecule is Cc1cscc1CNCc1nc2ccccc2s1. The van der Waals surface area contributed by atoms with Gasteiger partial charge in [-0.3, -0.25) is 0 Å². The van der Waals surface area contributed by atoms with Gasteiger partial charge in [0.15, 0.2) is 0 Å². The topological polar surface area (TPSA) is 24.9 Å². The molecule has 92 valence electrons. The van der Waals surface area contributed by atoms with Crippen LogP contribution in [0.2, 0.25) is 0 Å². The van der Waals surface area contributed by atoms with E-state index in [0.717, 1.165) is 23.6 Å². The normalized spacial score (nSPS) is 11.2. The first-order valence-electron chi connectivity index (χ1n) is 5.90. The van der Waals surface area contributed by atoms with Gasteiger partial charge in [-0.15, -0.1) is 11.3 Å². The number of para-hydroxylation sites is 1. The van der Waals surface area contributed by atoms with E-state index in [2.05, 4.69) is 46.2 Å². The van der Waals surface area contributed by atoms with Crippen LogP contribution in [0.5, 0.6) is 0 Å². The van der Waals surface area contributed by atoms with Crippen LogP contribution in [-0.4, -0.2) is 4.98 Å². The van der Waals surface area contributed by atoms with Crippen LogP contribution in [0.3, 0.4) is 0 Å². The lowest BCUT2D eigenvalue weighted by Crippen LogP contribution is -2.12. The van der Waals surface area contributed by atoms with Gasteiger partial charge >= 0.3 is 0 Å². The summed E-state index contributed by atoms with van der Waals surface area (Å²) in [4.78, 5) is 4.61. The summed E-state index contributed by atoms with van der Waals surface area (Å²) in [5.41, 5.74) is 3.86. The standard InChI is InChI=1S/C14H14N2S2/c1-10-8-17-9-11(10)6-15-7-14-16-12-4-2-3-5-13(12)18-14/h2-5,8-9,15H,6-7H2,1H3. The average Bonchev–Trinajstić information content (AvgIpc) is 2.96. The molecular formula is C14H14N2S2. The van der Waals surface area contributed by atoms with Gasteiger partial charge in [-0.05, 0) is 40.9 Å². The molecule has 0 aliphatic heterocycles. The second-order valence-corrected chi connectivity index (χ2v) is 6.12. The van der Waals surface area contributed by atoms with E-state index in [9.17, 15) is 0 Å². The highest BCUT2D eigenvalue weighted by molar-refractivity contribution is 7.18. The molecule has 0 fully saturated rings. The molecular weight excluding hydrogens is 260 g/mol. The van der Waals surface area contributed by atoms with E-state index in [1.54, 1.807) is 22.7 Å². The summed E-state index contributed by atoms with van der Waals surface area (Å²) in [5, 5.41) is 9.02. The van der Waals surface area contributed by atoms with Crippen molar-refractivity contribution in [1.29, 1.82) is 0 Å². The number of benzene rings is 1. The van der Waals surface area contributed by atoms with Crippen LogP contribution in [0.15, 0.2) is 35.0 Å². The first kappa shape index (κ1) is 11.8. The quantitative estimate of drug-likeness (QED) is 0.779. The lowest BCUT2D eigenvalue weighted by Gasteiger charge is -2.01. The molecule has 3 rings (SSSR count). The second-order valence-electron chi connectivity index (χ2n) is 4.26. The second kappa shape index (κ2) is 5.18. The van der Waals surface area contributed by atoms with Crippen LogP contribution in [-0.2, 0) is 13.1 Å². The Bertz CT molecular complexity index is 621. The van der Waals surface area contributed by atoms with Crippen LogP contribution in [0.25, 0.3) is 10.2 Å². The molecule has 0 atom stereocenters. The summed E-state index contributed by atoms with van der Waals surface area (Å²) < 4.78 is 1.26. The Morgan fingerprint density at radius 1 is 1.17 bits per heavy atom. The third-order valence-electron chi connectivity index (χ3n) is 2.89. The number of thiazole rings is 1. The third-order valence-corrected chi connectivity index (χ3v) is 4.84. The number of aromatic nitrogens is 1. The lowest BCUT2D eigenvalue weighted by molar-refractivity contribution is 0.690.